The Kier molecular flexibility index (Phi) is 9.27. The van der Waals surface area contributed by atoms with Crippen LogP contribution in [0.1, 0.15) is 24.0 Å². The van der Waals surface area contributed by atoms with Crippen molar-refractivity contribution in [2.24, 2.45) is 0 Å². The molecule has 1 N–H and O–H groups in total. The van der Waals surface area contributed by atoms with E-state index in [1.165, 1.54) is 30.5 Å². The van der Waals surface area contributed by atoms with Gasteiger partial charge in [-0.05, 0) is 30.5 Å². The minimum atomic E-state index is 0. The SMILES string of the molecule is Cl.Cl.c1ccc(CN(Cc2ccccc2)C2CCCNC2)cc1. The second-order valence-corrected chi connectivity index (χ2v) is 5.88. The zero-order valence-corrected chi connectivity index (χ0v) is 15.0. The average molecular weight is 353 g/mol. The lowest BCUT2D eigenvalue weighted by molar-refractivity contribution is 0.149. The maximum Gasteiger partial charge on any atom is 0.0240 e. The third-order valence-electron chi connectivity index (χ3n) is 4.24. The molecule has 2 nitrogen and oxygen atoms in total. The molecule has 0 spiro atoms. The predicted octanol–water partition coefficient (Wildman–Crippen LogP) is 4.28. The Morgan fingerprint density at radius 1 is 0.826 bits per heavy atom. The lowest BCUT2D eigenvalue weighted by atomic mass is 10.0. The number of hydrogen-bond acceptors (Lipinski definition) is 2. The number of hydrogen-bond donors (Lipinski definition) is 1. The van der Waals surface area contributed by atoms with Gasteiger partial charge in [-0.25, -0.2) is 0 Å². The van der Waals surface area contributed by atoms with Crippen LogP contribution in [0.2, 0.25) is 0 Å². The normalized spacial score (nSPS) is 17.2. The van der Waals surface area contributed by atoms with Crippen LogP contribution in [-0.2, 0) is 13.1 Å². The summed E-state index contributed by atoms with van der Waals surface area (Å²) in [5.41, 5.74) is 2.80. The number of benzene rings is 2. The molecule has 2 aromatic rings. The van der Waals surface area contributed by atoms with Crippen LogP contribution in [0.5, 0.6) is 0 Å². The Morgan fingerprint density at radius 2 is 1.35 bits per heavy atom. The molecule has 0 aromatic heterocycles. The van der Waals surface area contributed by atoms with Gasteiger partial charge in [-0.2, -0.15) is 0 Å². The Labute approximate surface area is 152 Å². The summed E-state index contributed by atoms with van der Waals surface area (Å²) in [5.74, 6) is 0. The molecular formula is C19H26Cl2N2. The molecule has 0 bridgehead atoms. The highest BCUT2D eigenvalue weighted by Crippen LogP contribution is 2.17. The van der Waals surface area contributed by atoms with E-state index >= 15 is 0 Å². The van der Waals surface area contributed by atoms with E-state index in [1.807, 2.05) is 0 Å². The summed E-state index contributed by atoms with van der Waals surface area (Å²) in [6.45, 7) is 4.34. The highest BCUT2D eigenvalue weighted by molar-refractivity contribution is 5.85. The van der Waals surface area contributed by atoms with Crippen LogP contribution in [0.25, 0.3) is 0 Å². The second kappa shape index (κ2) is 10.7. The van der Waals surface area contributed by atoms with E-state index in [0.29, 0.717) is 6.04 Å². The molecule has 1 aliphatic heterocycles. The number of halogens is 2. The number of nitrogens with one attached hydrogen (secondary N) is 1. The van der Waals surface area contributed by atoms with Gasteiger partial charge in [0.1, 0.15) is 0 Å². The van der Waals surface area contributed by atoms with Crippen LogP contribution in [0.3, 0.4) is 0 Å². The van der Waals surface area contributed by atoms with Crippen LogP contribution in [0.15, 0.2) is 60.7 Å². The van der Waals surface area contributed by atoms with E-state index < -0.39 is 0 Å². The summed E-state index contributed by atoms with van der Waals surface area (Å²) in [6, 6.07) is 22.3. The largest absolute Gasteiger partial charge is 0.315 e. The molecule has 23 heavy (non-hydrogen) atoms. The first kappa shape index (κ1) is 20.0. The summed E-state index contributed by atoms with van der Waals surface area (Å²) in [6.07, 6.45) is 2.58. The molecule has 0 aliphatic carbocycles. The standard InChI is InChI=1S/C19H24N2.2ClH/c1-3-8-17(9-4-1)15-21(19-12-7-13-20-14-19)16-18-10-5-2-6-11-18;;/h1-6,8-11,19-20H,7,12-16H2;2*1H. The molecule has 0 amide bonds. The van der Waals surface area contributed by atoms with E-state index in [1.54, 1.807) is 0 Å². The van der Waals surface area contributed by atoms with E-state index in [9.17, 15) is 0 Å². The molecule has 1 fully saturated rings. The fourth-order valence-corrected chi connectivity index (χ4v) is 3.10. The third kappa shape index (κ3) is 6.15. The first-order valence-corrected chi connectivity index (χ1v) is 7.94. The molecule has 3 rings (SSSR count). The van der Waals surface area contributed by atoms with Gasteiger partial charge in [0, 0.05) is 25.7 Å². The summed E-state index contributed by atoms with van der Waals surface area (Å²) in [5, 5.41) is 3.55. The number of nitrogens with zero attached hydrogens (tertiary/aromatic N) is 1. The summed E-state index contributed by atoms with van der Waals surface area (Å²) in [4.78, 5) is 2.62. The fourth-order valence-electron chi connectivity index (χ4n) is 3.10. The second-order valence-electron chi connectivity index (χ2n) is 5.88. The van der Waals surface area contributed by atoms with E-state index in [0.717, 1.165) is 19.6 Å². The zero-order valence-electron chi connectivity index (χ0n) is 13.4. The molecule has 1 saturated heterocycles. The van der Waals surface area contributed by atoms with Crippen LogP contribution < -0.4 is 5.32 Å². The van der Waals surface area contributed by atoms with Crippen LogP contribution in [0, 0.1) is 0 Å². The predicted molar refractivity (Wildman–Crippen MR) is 103 cm³/mol. The van der Waals surface area contributed by atoms with E-state index in [4.69, 9.17) is 0 Å². The Bertz CT molecular complexity index is 486. The van der Waals surface area contributed by atoms with Gasteiger partial charge >= 0.3 is 0 Å². The molecule has 1 heterocycles. The monoisotopic (exact) mass is 352 g/mol. The molecule has 1 aliphatic rings. The Morgan fingerprint density at radius 3 is 1.78 bits per heavy atom. The molecule has 1 atom stereocenters. The molecular weight excluding hydrogens is 327 g/mol. The van der Waals surface area contributed by atoms with E-state index in [2.05, 4.69) is 70.9 Å². The minimum Gasteiger partial charge on any atom is -0.315 e. The van der Waals surface area contributed by atoms with Crippen molar-refractivity contribution in [3.05, 3.63) is 71.8 Å². The van der Waals surface area contributed by atoms with E-state index in [-0.39, 0.29) is 24.8 Å². The van der Waals surface area contributed by atoms with Crippen LogP contribution in [0.4, 0.5) is 0 Å². The van der Waals surface area contributed by atoms with Crippen molar-refractivity contribution < 1.29 is 0 Å². The molecule has 2 aromatic carbocycles. The third-order valence-corrected chi connectivity index (χ3v) is 4.24. The summed E-state index contributed by atoms with van der Waals surface area (Å²) in [7, 11) is 0. The van der Waals surface area contributed by atoms with Crippen molar-refractivity contribution in [2.75, 3.05) is 13.1 Å². The first-order valence-electron chi connectivity index (χ1n) is 7.94. The van der Waals surface area contributed by atoms with Gasteiger partial charge in [0.15, 0.2) is 0 Å². The van der Waals surface area contributed by atoms with Gasteiger partial charge in [-0.15, -0.1) is 24.8 Å². The highest BCUT2D eigenvalue weighted by Gasteiger charge is 2.21. The molecule has 126 valence electrons. The molecule has 1 unspecified atom stereocenters. The topological polar surface area (TPSA) is 15.3 Å². The van der Waals surface area contributed by atoms with Crippen molar-refractivity contribution in [1.29, 1.82) is 0 Å². The average Bonchev–Trinajstić information content (AvgIpc) is 2.57. The van der Waals surface area contributed by atoms with Gasteiger partial charge in [-0.1, -0.05) is 60.7 Å². The Balaban J connectivity index is 0.00000132. The molecule has 4 heteroatoms. The van der Waals surface area contributed by atoms with Gasteiger partial charge < -0.3 is 5.32 Å². The summed E-state index contributed by atoms with van der Waals surface area (Å²) < 4.78 is 0. The molecule has 0 saturated carbocycles. The Hall–Kier alpha value is -1.06. The van der Waals surface area contributed by atoms with Crippen molar-refractivity contribution in [2.45, 2.75) is 32.0 Å². The van der Waals surface area contributed by atoms with Gasteiger partial charge in [0.25, 0.3) is 0 Å². The number of piperidine rings is 1. The van der Waals surface area contributed by atoms with Crippen molar-refractivity contribution in [3.63, 3.8) is 0 Å². The van der Waals surface area contributed by atoms with Crippen molar-refractivity contribution in [3.8, 4) is 0 Å². The molecule has 0 radical (unpaired) electrons. The maximum atomic E-state index is 3.55. The summed E-state index contributed by atoms with van der Waals surface area (Å²) >= 11 is 0. The lowest BCUT2D eigenvalue weighted by Gasteiger charge is -2.35. The van der Waals surface area contributed by atoms with Crippen molar-refractivity contribution >= 4 is 24.8 Å². The van der Waals surface area contributed by atoms with Crippen LogP contribution in [-0.4, -0.2) is 24.0 Å². The highest BCUT2D eigenvalue weighted by atomic mass is 35.5. The fraction of sp³-hybridized carbons (Fsp3) is 0.368. The smallest absolute Gasteiger partial charge is 0.0240 e. The first-order chi connectivity index (χ1) is 10.4. The maximum absolute atomic E-state index is 3.55. The van der Waals surface area contributed by atoms with Crippen LogP contribution >= 0.6 is 24.8 Å². The minimum absolute atomic E-state index is 0. The van der Waals surface area contributed by atoms with Crippen molar-refractivity contribution in [1.82, 2.24) is 10.2 Å². The lowest BCUT2D eigenvalue weighted by Crippen LogP contribution is -2.45. The zero-order chi connectivity index (χ0) is 14.3. The van der Waals surface area contributed by atoms with Gasteiger partial charge in [-0.3, -0.25) is 4.90 Å². The van der Waals surface area contributed by atoms with Gasteiger partial charge in [0.2, 0.25) is 0 Å². The quantitative estimate of drug-likeness (QED) is 0.863. The van der Waals surface area contributed by atoms with Gasteiger partial charge in [0.05, 0.1) is 0 Å². The number of rotatable bonds is 5.